The molecule has 28 heavy (non-hydrogen) atoms. The Balaban J connectivity index is 1.47. The molecule has 0 aliphatic carbocycles. The molecule has 1 atom stereocenters. The molecule has 0 aromatic heterocycles. The maximum atomic E-state index is 12.5. The maximum Gasteiger partial charge on any atom is 0.317 e. The Morgan fingerprint density at radius 1 is 1.11 bits per heavy atom. The normalized spacial score (nSPS) is 15.3. The number of amides is 3. The lowest BCUT2D eigenvalue weighted by Crippen LogP contribution is -2.54. The van der Waals surface area contributed by atoms with E-state index in [9.17, 15) is 9.59 Å². The van der Waals surface area contributed by atoms with Crippen LogP contribution in [-0.4, -0.2) is 55.0 Å². The van der Waals surface area contributed by atoms with E-state index in [2.05, 4.69) is 24.4 Å². The van der Waals surface area contributed by atoms with Gasteiger partial charge in [-0.2, -0.15) is 0 Å². The second-order valence-electron chi connectivity index (χ2n) is 7.08. The fourth-order valence-electron chi connectivity index (χ4n) is 3.25. The first kappa shape index (κ1) is 19.7. The highest BCUT2D eigenvalue weighted by Crippen LogP contribution is 2.16. The van der Waals surface area contributed by atoms with Crippen molar-refractivity contribution in [2.45, 2.75) is 19.4 Å². The molecule has 1 N–H and O–H groups in total. The van der Waals surface area contributed by atoms with Gasteiger partial charge in [0, 0.05) is 26.2 Å². The van der Waals surface area contributed by atoms with Gasteiger partial charge in [0.25, 0.3) is 0 Å². The average Bonchev–Trinajstić information content (AvgIpc) is 2.74. The van der Waals surface area contributed by atoms with E-state index >= 15 is 0 Å². The average molecular weight is 381 g/mol. The van der Waals surface area contributed by atoms with Crippen LogP contribution in [0.1, 0.15) is 24.0 Å². The summed E-state index contributed by atoms with van der Waals surface area (Å²) in [6, 6.07) is 17.6. The minimum Gasteiger partial charge on any atom is -0.497 e. The molecule has 1 aliphatic heterocycles. The van der Waals surface area contributed by atoms with Crippen LogP contribution in [0.2, 0.25) is 0 Å². The summed E-state index contributed by atoms with van der Waals surface area (Å²) in [6.45, 7) is 4.35. The van der Waals surface area contributed by atoms with E-state index in [1.54, 1.807) is 16.9 Å². The standard InChI is InChI=1S/C22H27N3O3/c1-17(19-6-4-3-5-7-19)14-23-22(27)25-13-12-24(21(26)16-25)15-18-8-10-20(28-2)11-9-18/h3-11,17H,12-16H2,1-2H3,(H,23,27)/t17-/m0/s1. The quantitative estimate of drug-likeness (QED) is 0.837. The van der Waals surface area contributed by atoms with Crippen LogP contribution in [0.15, 0.2) is 54.6 Å². The van der Waals surface area contributed by atoms with Gasteiger partial charge >= 0.3 is 6.03 Å². The molecule has 1 fully saturated rings. The molecule has 1 aliphatic rings. The number of urea groups is 1. The van der Waals surface area contributed by atoms with Gasteiger partial charge in [-0.15, -0.1) is 0 Å². The Hall–Kier alpha value is -3.02. The smallest absolute Gasteiger partial charge is 0.317 e. The number of rotatable bonds is 6. The molecule has 3 amide bonds. The van der Waals surface area contributed by atoms with E-state index in [1.165, 1.54) is 5.56 Å². The van der Waals surface area contributed by atoms with Crippen LogP contribution >= 0.6 is 0 Å². The van der Waals surface area contributed by atoms with Crippen LogP contribution < -0.4 is 10.1 Å². The molecule has 1 saturated heterocycles. The Labute approximate surface area is 166 Å². The summed E-state index contributed by atoms with van der Waals surface area (Å²) in [5.41, 5.74) is 2.23. The Bertz CT molecular complexity index is 792. The van der Waals surface area contributed by atoms with Crippen LogP contribution in [0, 0.1) is 0 Å². The van der Waals surface area contributed by atoms with E-state index in [0.29, 0.717) is 26.2 Å². The molecule has 6 nitrogen and oxygen atoms in total. The van der Waals surface area contributed by atoms with Crippen molar-refractivity contribution in [2.24, 2.45) is 0 Å². The number of nitrogens with one attached hydrogen (secondary N) is 1. The summed E-state index contributed by atoms with van der Waals surface area (Å²) in [4.78, 5) is 28.3. The number of benzene rings is 2. The van der Waals surface area contributed by atoms with E-state index in [4.69, 9.17) is 4.74 Å². The van der Waals surface area contributed by atoms with Gasteiger partial charge in [-0.05, 0) is 29.2 Å². The predicted octanol–water partition coefficient (Wildman–Crippen LogP) is 2.85. The Kier molecular flexibility index (Phi) is 6.53. The zero-order chi connectivity index (χ0) is 19.9. The molecular formula is C22H27N3O3. The number of carbonyl (C=O) groups excluding carboxylic acids is 2. The van der Waals surface area contributed by atoms with Gasteiger partial charge in [0.15, 0.2) is 0 Å². The number of methoxy groups -OCH3 is 1. The van der Waals surface area contributed by atoms with Gasteiger partial charge in [0.2, 0.25) is 5.91 Å². The van der Waals surface area contributed by atoms with E-state index in [-0.39, 0.29) is 24.4 Å². The van der Waals surface area contributed by atoms with Gasteiger partial charge < -0.3 is 19.9 Å². The van der Waals surface area contributed by atoms with Gasteiger partial charge in [-0.25, -0.2) is 4.79 Å². The number of carbonyl (C=O) groups is 2. The lowest BCUT2D eigenvalue weighted by atomic mass is 10.0. The Morgan fingerprint density at radius 3 is 2.46 bits per heavy atom. The molecule has 0 bridgehead atoms. The zero-order valence-corrected chi connectivity index (χ0v) is 16.4. The molecular weight excluding hydrogens is 354 g/mol. The number of hydrogen-bond donors (Lipinski definition) is 1. The highest BCUT2D eigenvalue weighted by atomic mass is 16.5. The highest BCUT2D eigenvalue weighted by Gasteiger charge is 2.27. The topological polar surface area (TPSA) is 61.9 Å². The van der Waals surface area contributed by atoms with Crippen molar-refractivity contribution in [1.82, 2.24) is 15.1 Å². The first-order valence-electron chi connectivity index (χ1n) is 9.55. The summed E-state index contributed by atoms with van der Waals surface area (Å²) in [6.07, 6.45) is 0. The fourth-order valence-corrected chi connectivity index (χ4v) is 3.25. The maximum absolute atomic E-state index is 12.5. The highest BCUT2D eigenvalue weighted by molar-refractivity contribution is 5.85. The van der Waals surface area contributed by atoms with Crippen LogP contribution in [-0.2, 0) is 11.3 Å². The third kappa shape index (κ3) is 5.03. The molecule has 2 aromatic rings. The molecule has 3 rings (SSSR count). The zero-order valence-electron chi connectivity index (χ0n) is 16.4. The first-order chi connectivity index (χ1) is 13.6. The predicted molar refractivity (Wildman–Crippen MR) is 108 cm³/mol. The minimum atomic E-state index is -0.180. The number of hydrogen-bond acceptors (Lipinski definition) is 3. The Morgan fingerprint density at radius 2 is 1.82 bits per heavy atom. The van der Waals surface area contributed by atoms with E-state index < -0.39 is 0 Å². The largest absolute Gasteiger partial charge is 0.497 e. The summed E-state index contributed by atoms with van der Waals surface area (Å²) >= 11 is 0. The number of nitrogens with zero attached hydrogens (tertiary/aromatic N) is 2. The van der Waals surface area contributed by atoms with Gasteiger partial charge in [-0.1, -0.05) is 49.4 Å². The summed E-state index contributed by atoms with van der Waals surface area (Å²) in [7, 11) is 1.63. The minimum absolute atomic E-state index is 0.0340. The second-order valence-corrected chi connectivity index (χ2v) is 7.08. The van der Waals surface area contributed by atoms with Crippen LogP contribution in [0.25, 0.3) is 0 Å². The van der Waals surface area contributed by atoms with Crippen molar-refractivity contribution in [1.29, 1.82) is 0 Å². The molecule has 0 saturated carbocycles. The van der Waals surface area contributed by atoms with Crippen molar-refractivity contribution in [2.75, 3.05) is 33.3 Å². The first-order valence-corrected chi connectivity index (χ1v) is 9.55. The lowest BCUT2D eigenvalue weighted by Gasteiger charge is -2.34. The summed E-state index contributed by atoms with van der Waals surface area (Å²) in [5, 5.41) is 2.95. The van der Waals surface area contributed by atoms with Crippen molar-refractivity contribution < 1.29 is 14.3 Å². The van der Waals surface area contributed by atoms with Crippen LogP contribution in [0.3, 0.4) is 0 Å². The van der Waals surface area contributed by atoms with Crippen LogP contribution in [0.5, 0.6) is 5.75 Å². The number of piperazine rings is 1. The third-order valence-corrected chi connectivity index (χ3v) is 5.07. The monoisotopic (exact) mass is 381 g/mol. The van der Waals surface area contributed by atoms with Crippen molar-refractivity contribution in [3.05, 3.63) is 65.7 Å². The lowest BCUT2D eigenvalue weighted by molar-refractivity contribution is -0.135. The summed E-state index contributed by atoms with van der Waals surface area (Å²) < 4.78 is 5.16. The molecule has 2 aromatic carbocycles. The fraction of sp³-hybridized carbons (Fsp3) is 0.364. The summed E-state index contributed by atoms with van der Waals surface area (Å²) in [5.74, 6) is 0.979. The molecule has 148 valence electrons. The third-order valence-electron chi connectivity index (χ3n) is 5.07. The van der Waals surface area contributed by atoms with Crippen molar-refractivity contribution in [3.8, 4) is 5.75 Å². The van der Waals surface area contributed by atoms with Crippen molar-refractivity contribution in [3.63, 3.8) is 0 Å². The van der Waals surface area contributed by atoms with Gasteiger partial charge in [-0.3, -0.25) is 4.79 Å². The molecule has 0 unspecified atom stereocenters. The molecule has 0 spiro atoms. The molecule has 0 radical (unpaired) electrons. The molecule has 6 heteroatoms. The molecule has 1 heterocycles. The SMILES string of the molecule is COc1ccc(CN2CCN(C(=O)NC[C@H](C)c3ccccc3)CC2=O)cc1. The van der Waals surface area contributed by atoms with E-state index in [0.717, 1.165) is 11.3 Å². The van der Waals surface area contributed by atoms with E-state index in [1.807, 2.05) is 42.5 Å². The van der Waals surface area contributed by atoms with Gasteiger partial charge in [0.05, 0.1) is 7.11 Å². The number of ether oxygens (including phenoxy) is 1. The van der Waals surface area contributed by atoms with Crippen molar-refractivity contribution >= 4 is 11.9 Å². The second kappa shape index (κ2) is 9.26. The van der Waals surface area contributed by atoms with Crippen LogP contribution in [0.4, 0.5) is 4.79 Å². The van der Waals surface area contributed by atoms with Gasteiger partial charge in [0.1, 0.15) is 12.3 Å².